The molecule has 0 aliphatic heterocycles. The SMILES string of the molecule is CCc1cc2c(Nc3ccccc3C)nc(NN)nc2s1. The number of hydrazine groups is 1. The Morgan fingerprint density at radius 1 is 1.24 bits per heavy atom. The molecule has 0 atom stereocenters. The molecule has 0 saturated heterocycles. The summed E-state index contributed by atoms with van der Waals surface area (Å²) in [4.78, 5) is 11.1. The standard InChI is InChI=1S/C15H17N5S/c1-3-10-8-11-13(17-12-7-5-4-6-9(12)2)18-15(20-16)19-14(11)21-10/h4-8H,3,16H2,1-2H3,(H2,17,18,19,20). The Hall–Kier alpha value is -2.18. The summed E-state index contributed by atoms with van der Waals surface area (Å²) in [6.07, 6.45) is 0.982. The van der Waals surface area contributed by atoms with E-state index < -0.39 is 0 Å². The van der Waals surface area contributed by atoms with Crippen LogP contribution in [0.15, 0.2) is 30.3 Å². The van der Waals surface area contributed by atoms with Crippen molar-refractivity contribution in [2.75, 3.05) is 10.7 Å². The molecule has 0 spiro atoms. The first-order valence-corrected chi connectivity index (χ1v) is 7.62. The molecule has 4 N–H and O–H groups in total. The van der Waals surface area contributed by atoms with Crippen molar-refractivity contribution in [2.45, 2.75) is 20.3 Å². The van der Waals surface area contributed by atoms with Crippen LogP contribution < -0.4 is 16.6 Å². The van der Waals surface area contributed by atoms with Gasteiger partial charge in [-0.1, -0.05) is 25.1 Å². The van der Waals surface area contributed by atoms with Crippen LogP contribution in [-0.2, 0) is 6.42 Å². The fourth-order valence-electron chi connectivity index (χ4n) is 2.15. The third-order valence-corrected chi connectivity index (χ3v) is 4.49. The molecule has 3 aromatic rings. The number of nitrogens with two attached hydrogens (primary N) is 1. The van der Waals surface area contributed by atoms with Gasteiger partial charge >= 0.3 is 0 Å². The molecule has 21 heavy (non-hydrogen) atoms. The molecule has 0 aliphatic carbocycles. The highest BCUT2D eigenvalue weighted by atomic mass is 32.1. The van der Waals surface area contributed by atoms with Crippen molar-refractivity contribution in [3.8, 4) is 0 Å². The van der Waals surface area contributed by atoms with E-state index in [1.807, 2.05) is 18.2 Å². The van der Waals surface area contributed by atoms with E-state index in [0.717, 1.165) is 33.7 Å². The third-order valence-electron chi connectivity index (χ3n) is 3.32. The number of para-hydroxylation sites is 1. The van der Waals surface area contributed by atoms with Crippen molar-refractivity contribution in [3.63, 3.8) is 0 Å². The van der Waals surface area contributed by atoms with Gasteiger partial charge in [-0.05, 0) is 31.0 Å². The molecule has 0 amide bonds. The number of anilines is 3. The Morgan fingerprint density at radius 3 is 2.76 bits per heavy atom. The Morgan fingerprint density at radius 2 is 2.05 bits per heavy atom. The van der Waals surface area contributed by atoms with Gasteiger partial charge in [0, 0.05) is 10.6 Å². The number of nitrogen functional groups attached to an aromatic ring is 1. The second-order valence-corrected chi connectivity index (χ2v) is 5.88. The molecule has 1 aromatic carbocycles. The Bertz CT molecular complexity index is 781. The summed E-state index contributed by atoms with van der Waals surface area (Å²) in [5.41, 5.74) is 4.73. The number of nitrogens with zero attached hydrogens (tertiary/aromatic N) is 2. The molecular formula is C15H17N5S. The van der Waals surface area contributed by atoms with E-state index in [4.69, 9.17) is 5.84 Å². The van der Waals surface area contributed by atoms with Gasteiger partial charge in [-0.25, -0.2) is 10.8 Å². The lowest BCUT2D eigenvalue weighted by Gasteiger charge is -2.10. The second-order valence-electron chi connectivity index (χ2n) is 4.77. The molecule has 0 aliphatic rings. The monoisotopic (exact) mass is 299 g/mol. The number of thiophene rings is 1. The minimum absolute atomic E-state index is 0.420. The Balaban J connectivity index is 2.11. The molecule has 0 radical (unpaired) electrons. The minimum atomic E-state index is 0.420. The number of nitrogens with one attached hydrogen (secondary N) is 2. The molecule has 3 rings (SSSR count). The zero-order chi connectivity index (χ0) is 14.8. The Labute approximate surface area is 127 Å². The lowest BCUT2D eigenvalue weighted by atomic mass is 10.2. The number of aromatic nitrogens is 2. The second kappa shape index (κ2) is 5.67. The molecule has 108 valence electrons. The van der Waals surface area contributed by atoms with Gasteiger partial charge in [0.2, 0.25) is 5.95 Å². The van der Waals surface area contributed by atoms with Gasteiger partial charge in [0.15, 0.2) is 0 Å². The van der Waals surface area contributed by atoms with Gasteiger partial charge in [-0.3, -0.25) is 5.43 Å². The number of aryl methyl sites for hydroxylation is 2. The van der Waals surface area contributed by atoms with Crippen LogP contribution in [0.2, 0.25) is 0 Å². The van der Waals surface area contributed by atoms with E-state index in [9.17, 15) is 0 Å². The van der Waals surface area contributed by atoms with Crippen LogP contribution in [0.1, 0.15) is 17.4 Å². The largest absolute Gasteiger partial charge is 0.339 e. The molecule has 0 unspecified atom stereocenters. The molecule has 2 aromatic heterocycles. The van der Waals surface area contributed by atoms with E-state index in [1.165, 1.54) is 4.88 Å². The fraction of sp³-hybridized carbons (Fsp3) is 0.200. The average molecular weight is 299 g/mol. The topological polar surface area (TPSA) is 75.9 Å². The van der Waals surface area contributed by atoms with Crippen LogP contribution >= 0.6 is 11.3 Å². The molecule has 6 heteroatoms. The van der Waals surface area contributed by atoms with E-state index >= 15 is 0 Å². The van der Waals surface area contributed by atoms with E-state index in [2.05, 4.69) is 46.7 Å². The van der Waals surface area contributed by atoms with Crippen LogP contribution in [0.5, 0.6) is 0 Å². The number of hydrogen-bond acceptors (Lipinski definition) is 6. The first-order valence-electron chi connectivity index (χ1n) is 6.81. The highest BCUT2D eigenvalue weighted by molar-refractivity contribution is 7.18. The van der Waals surface area contributed by atoms with E-state index in [0.29, 0.717) is 5.95 Å². The molecule has 0 saturated carbocycles. The Kier molecular flexibility index (Phi) is 3.72. The summed E-state index contributed by atoms with van der Waals surface area (Å²) >= 11 is 1.67. The van der Waals surface area contributed by atoms with Crippen molar-refractivity contribution in [2.24, 2.45) is 5.84 Å². The quantitative estimate of drug-likeness (QED) is 0.507. The predicted molar refractivity (Wildman–Crippen MR) is 89.1 cm³/mol. The summed E-state index contributed by atoms with van der Waals surface area (Å²) in [6.45, 7) is 4.20. The number of hydrogen-bond donors (Lipinski definition) is 3. The van der Waals surface area contributed by atoms with Gasteiger partial charge in [0.25, 0.3) is 0 Å². The van der Waals surface area contributed by atoms with Crippen molar-refractivity contribution in [1.29, 1.82) is 0 Å². The summed E-state index contributed by atoms with van der Waals surface area (Å²) in [7, 11) is 0. The van der Waals surface area contributed by atoms with Crippen LogP contribution in [-0.4, -0.2) is 9.97 Å². The molecule has 5 nitrogen and oxygen atoms in total. The minimum Gasteiger partial charge on any atom is -0.339 e. The van der Waals surface area contributed by atoms with Crippen molar-refractivity contribution < 1.29 is 0 Å². The van der Waals surface area contributed by atoms with Gasteiger partial charge < -0.3 is 5.32 Å². The maximum atomic E-state index is 5.47. The molecule has 0 bridgehead atoms. The van der Waals surface area contributed by atoms with Crippen LogP contribution in [0.4, 0.5) is 17.5 Å². The molecule has 2 heterocycles. The zero-order valence-electron chi connectivity index (χ0n) is 12.0. The van der Waals surface area contributed by atoms with Crippen LogP contribution in [0, 0.1) is 6.92 Å². The lowest BCUT2D eigenvalue weighted by molar-refractivity contribution is 1.16. The summed E-state index contributed by atoms with van der Waals surface area (Å²) in [5, 5.41) is 4.41. The van der Waals surface area contributed by atoms with Crippen LogP contribution in [0.25, 0.3) is 10.2 Å². The predicted octanol–water partition coefficient (Wildman–Crippen LogP) is 3.59. The number of benzene rings is 1. The van der Waals surface area contributed by atoms with Crippen molar-refractivity contribution in [3.05, 3.63) is 40.8 Å². The van der Waals surface area contributed by atoms with E-state index in [-0.39, 0.29) is 0 Å². The maximum Gasteiger partial charge on any atom is 0.240 e. The molecule has 0 fully saturated rings. The first-order chi connectivity index (χ1) is 10.2. The highest BCUT2D eigenvalue weighted by Crippen LogP contribution is 2.32. The van der Waals surface area contributed by atoms with Gasteiger partial charge in [-0.15, -0.1) is 11.3 Å². The average Bonchev–Trinajstić information content (AvgIpc) is 2.92. The lowest BCUT2D eigenvalue weighted by Crippen LogP contribution is -2.11. The van der Waals surface area contributed by atoms with Gasteiger partial charge in [0.1, 0.15) is 10.6 Å². The smallest absolute Gasteiger partial charge is 0.240 e. The van der Waals surface area contributed by atoms with E-state index in [1.54, 1.807) is 11.3 Å². The summed E-state index contributed by atoms with van der Waals surface area (Å²) in [5.74, 6) is 6.67. The summed E-state index contributed by atoms with van der Waals surface area (Å²) in [6, 6.07) is 10.3. The highest BCUT2D eigenvalue weighted by Gasteiger charge is 2.11. The third kappa shape index (κ3) is 2.68. The summed E-state index contributed by atoms with van der Waals surface area (Å²) < 4.78 is 0. The van der Waals surface area contributed by atoms with Gasteiger partial charge in [0.05, 0.1) is 5.39 Å². The van der Waals surface area contributed by atoms with Crippen molar-refractivity contribution in [1.82, 2.24) is 9.97 Å². The van der Waals surface area contributed by atoms with Gasteiger partial charge in [-0.2, -0.15) is 4.98 Å². The number of rotatable bonds is 4. The fourth-order valence-corrected chi connectivity index (χ4v) is 3.11. The normalized spacial score (nSPS) is 10.8. The van der Waals surface area contributed by atoms with Crippen LogP contribution in [0.3, 0.4) is 0 Å². The number of fused-ring (bicyclic) bond motifs is 1. The molecular weight excluding hydrogens is 282 g/mol. The maximum absolute atomic E-state index is 5.47. The first kappa shape index (κ1) is 13.8. The van der Waals surface area contributed by atoms with Crippen molar-refractivity contribution >= 4 is 39.0 Å². The zero-order valence-corrected chi connectivity index (χ0v) is 12.8.